The number of carbonyl (C=O) groups is 1. The number of nitrogens with zero attached hydrogens (tertiary/aromatic N) is 2. The minimum Gasteiger partial charge on any atom is -0.383 e. The quantitative estimate of drug-likeness (QED) is 0.578. The molecule has 1 aromatic carbocycles. The van der Waals surface area contributed by atoms with Crippen molar-refractivity contribution in [2.75, 3.05) is 11.1 Å². The van der Waals surface area contributed by atoms with E-state index in [2.05, 4.69) is 15.5 Å². The first-order valence-electron chi connectivity index (χ1n) is 10.4. The van der Waals surface area contributed by atoms with E-state index in [1.807, 2.05) is 71.9 Å². The van der Waals surface area contributed by atoms with E-state index in [1.165, 1.54) is 0 Å². The van der Waals surface area contributed by atoms with Crippen LogP contribution >= 0.6 is 0 Å². The zero-order valence-corrected chi connectivity index (χ0v) is 20.2. The van der Waals surface area contributed by atoms with Gasteiger partial charge in [-0.05, 0) is 38.0 Å². The predicted octanol–water partition coefficient (Wildman–Crippen LogP) is 4.70. The summed E-state index contributed by atoms with van der Waals surface area (Å²) < 4.78 is 17.6. The summed E-state index contributed by atoms with van der Waals surface area (Å²) in [4.78, 5) is 17.2. The molecule has 0 aliphatic carbocycles. The third-order valence-corrected chi connectivity index (χ3v) is 6.65. The highest BCUT2D eigenvalue weighted by atomic mass is 32.2. The maximum Gasteiger partial charge on any atom is 0.230 e. The summed E-state index contributed by atoms with van der Waals surface area (Å²) in [5.74, 6) is 1.21. The third-order valence-electron chi connectivity index (χ3n) is 4.81. The van der Waals surface area contributed by atoms with Crippen molar-refractivity contribution in [2.45, 2.75) is 63.0 Å². The molecule has 3 N–H and O–H groups in total. The lowest BCUT2D eigenvalue weighted by Crippen LogP contribution is -2.22. The highest BCUT2D eigenvalue weighted by molar-refractivity contribution is 7.86. The first-order valence-corrected chi connectivity index (χ1v) is 11.5. The van der Waals surface area contributed by atoms with Crippen LogP contribution in [0.2, 0.25) is 0 Å². The number of anilines is 2. The predicted molar refractivity (Wildman–Crippen MR) is 128 cm³/mol. The smallest absolute Gasteiger partial charge is 0.230 e. The highest BCUT2D eigenvalue weighted by Crippen LogP contribution is 2.29. The normalized spacial score (nSPS) is 13.1. The van der Waals surface area contributed by atoms with E-state index < -0.39 is 15.5 Å². The summed E-state index contributed by atoms with van der Waals surface area (Å²) in [6, 6.07) is 11.2. The van der Waals surface area contributed by atoms with Crippen molar-refractivity contribution in [2.24, 2.45) is 0 Å². The molecule has 2 heterocycles. The van der Waals surface area contributed by atoms with Gasteiger partial charge < -0.3 is 15.6 Å². The fourth-order valence-corrected chi connectivity index (χ4v) is 4.10. The number of rotatable bonds is 5. The number of hydrogen-bond donors (Lipinski definition) is 2. The Bertz CT molecular complexity index is 1140. The van der Waals surface area contributed by atoms with E-state index in [0.717, 1.165) is 16.7 Å². The number of aromatic nitrogens is 2. The maximum absolute atomic E-state index is 12.8. The van der Waals surface area contributed by atoms with Gasteiger partial charge in [0.25, 0.3) is 0 Å². The zero-order valence-electron chi connectivity index (χ0n) is 19.4. The summed E-state index contributed by atoms with van der Waals surface area (Å²) in [7, 11) is -1.29. The van der Waals surface area contributed by atoms with Gasteiger partial charge >= 0.3 is 0 Å². The van der Waals surface area contributed by atoms with Gasteiger partial charge in [-0.25, -0.2) is 4.98 Å². The fraction of sp³-hybridized carbons (Fsp3) is 0.375. The molecule has 3 rings (SSSR count). The van der Waals surface area contributed by atoms with Crippen molar-refractivity contribution in [3.8, 4) is 11.1 Å². The van der Waals surface area contributed by atoms with Gasteiger partial charge in [0.2, 0.25) is 5.91 Å². The Kier molecular flexibility index (Phi) is 6.55. The minimum absolute atomic E-state index is 0.177. The van der Waals surface area contributed by atoms with Crippen LogP contribution < -0.4 is 11.1 Å². The lowest BCUT2D eigenvalue weighted by molar-refractivity contribution is -0.115. The molecule has 1 unspecified atom stereocenters. The Morgan fingerprint density at radius 1 is 1.06 bits per heavy atom. The molecule has 2 aromatic heterocycles. The maximum atomic E-state index is 12.8. The summed E-state index contributed by atoms with van der Waals surface area (Å²) in [5.41, 5.74) is 8.37. The number of carbonyl (C=O) groups excluding carboxylic acids is 1. The lowest BCUT2D eigenvalue weighted by Gasteiger charge is -2.19. The first-order chi connectivity index (χ1) is 14.8. The van der Waals surface area contributed by atoms with Gasteiger partial charge in [-0.3, -0.25) is 9.00 Å². The van der Waals surface area contributed by atoms with Crippen molar-refractivity contribution in [1.29, 1.82) is 0 Å². The molecule has 1 atom stereocenters. The summed E-state index contributed by atoms with van der Waals surface area (Å²) in [6.07, 6.45) is 1.87. The molecular weight excluding hydrogens is 424 g/mol. The van der Waals surface area contributed by atoms with Crippen LogP contribution in [0.25, 0.3) is 11.1 Å². The molecule has 7 nitrogen and oxygen atoms in total. The first kappa shape index (κ1) is 23.7. The van der Waals surface area contributed by atoms with E-state index in [-0.39, 0.29) is 23.6 Å². The third kappa shape index (κ3) is 5.62. The topological polar surface area (TPSA) is 111 Å². The summed E-state index contributed by atoms with van der Waals surface area (Å²) >= 11 is 0. The van der Waals surface area contributed by atoms with Crippen molar-refractivity contribution in [1.82, 2.24) is 10.1 Å². The Hall–Kier alpha value is -3.00. The molecule has 32 heavy (non-hydrogen) atoms. The molecule has 0 aliphatic rings. The number of amides is 1. The summed E-state index contributed by atoms with van der Waals surface area (Å²) in [5, 5.41) is 6.68. The zero-order chi connectivity index (χ0) is 23.7. The molecule has 0 saturated heterocycles. The molecule has 3 aromatic rings. The second-order valence-electron chi connectivity index (χ2n) is 9.74. The Balaban J connectivity index is 1.71. The van der Waals surface area contributed by atoms with E-state index in [4.69, 9.17) is 10.3 Å². The van der Waals surface area contributed by atoms with Gasteiger partial charge in [0.1, 0.15) is 11.6 Å². The average Bonchev–Trinajstić information content (AvgIpc) is 3.16. The van der Waals surface area contributed by atoms with Crippen LogP contribution in [0.5, 0.6) is 0 Å². The van der Waals surface area contributed by atoms with Gasteiger partial charge in [-0.1, -0.05) is 50.2 Å². The molecule has 1 amide bonds. The second-order valence-corrected chi connectivity index (χ2v) is 11.9. The van der Waals surface area contributed by atoms with E-state index in [9.17, 15) is 9.00 Å². The van der Waals surface area contributed by atoms with E-state index in [1.54, 1.807) is 12.3 Å². The van der Waals surface area contributed by atoms with E-state index in [0.29, 0.717) is 16.5 Å². The van der Waals surface area contributed by atoms with Crippen LogP contribution in [0.3, 0.4) is 0 Å². The molecule has 0 aliphatic heterocycles. The molecule has 8 heteroatoms. The molecule has 0 radical (unpaired) electrons. The van der Waals surface area contributed by atoms with Gasteiger partial charge in [0, 0.05) is 28.0 Å². The highest BCUT2D eigenvalue weighted by Gasteiger charge is 2.24. The number of hydrogen-bond acceptors (Lipinski definition) is 6. The number of nitrogens with two attached hydrogens (primary N) is 1. The van der Waals surface area contributed by atoms with Gasteiger partial charge in [-0.2, -0.15) is 0 Å². The van der Waals surface area contributed by atoms with Crippen molar-refractivity contribution >= 4 is 28.3 Å². The number of nitrogen functional groups attached to an aromatic ring is 1. The molecule has 0 saturated carbocycles. The molecule has 0 fully saturated rings. The Morgan fingerprint density at radius 3 is 2.28 bits per heavy atom. The van der Waals surface area contributed by atoms with Crippen LogP contribution in [0.4, 0.5) is 11.6 Å². The second kappa shape index (κ2) is 8.86. The lowest BCUT2D eigenvalue weighted by atomic mass is 9.93. The Labute approximate surface area is 191 Å². The van der Waals surface area contributed by atoms with Crippen molar-refractivity contribution < 1.29 is 13.5 Å². The largest absolute Gasteiger partial charge is 0.383 e. The van der Waals surface area contributed by atoms with Gasteiger partial charge in [-0.15, -0.1) is 0 Å². The van der Waals surface area contributed by atoms with Crippen LogP contribution in [0, 0.1) is 0 Å². The van der Waals surface area contributed by atoms with Crippen LogP contribution in [-0.4, -0.2) is 25.0 Å². The number of pyridine rings is 1. The fourth-order valence-electron chi connectivity index (χ4n) is 2.97. The number of benzene rings is 1. The summed E-state index contributed by atoms with van der Waals surface area (Å²) in [6.45, 7) is 11.7. The van der Waals surface area contributed by atoms with Crippen LogP contribution in [0.15, 0.2) is 52.0 Å². The monoisotopic (exact) mass is 454 g/mol. The van der Waals surface area contributed by atoms with Crippen molar-refractivity contribution in [3.63, 3.8) is 0 Å². The number of nitrogens with one attached hydrogen (secondary N) is 1. The minimum atomic E-state index is -1.29. The molecule has 0 spiro atoms. The molecule has 0 bridgehead atoms. The molecule has 170 valence electrons. The SMILES string of the molecule is CC(C)(C)c1cc(NC(=O)Cc2ccc(-c3cnc(N)c(S(=O)C(C)(C)C)c3)cc2)no1. The average molecular weight is 455 g/mol. The van der Waals surface area contributed by atoms with E-state index >= 15 is 0 Å². The van der Waals surface area contributed by atoms with Crippen LogP contribution in [0.1, 0.15) is 52.9 Å². The van der Waals surface area contributed by atoms with Crippen molar-refractivity contribution in [3.05, 3.63) is 53.9 Å². The van der Waals surface area contributed by atoms with Crippen LogP contribution in [-0.2, 0) is 27.4 Å². The van der Waals surface area contributed by atoms with Gasteiger partial charge in [0.15, 0.2) is 5.82 Å². The standard InChI is InChI=1S/C24H30N4O3S/c1-23(2,3)19-13-20(28-31-19)27-21(29)11-15-7-9-16(10-8-15)17-12-18(22(25)26-14-17)32(30)24(4,5)6/h7-10,12-14H,11H2,1-6H3,(H2,25,26)(H,27,28,29). The van der Waals surface area contributed by atoms with Gasteiger partial charge in [0.05, 0.1) is 22.1 Å². The molecular formula is C24H30N4O3S. The Morgan fingerprint density at radius 2 is 1.72 bits per heavy atom.